The van der Waals surface area contributed by atoms with E-state index in [-0.39, 0.29) is 0 Å². The van der Waals surface area contributed by atoms with Crippen molar-refractivity contribution in [2.24, 2.45) is 5.92 Å². The molecule has 2 aliphatic rings. The molecule has 0 aromatic heterocycles. The van der Waals surface area contributed by atoms with Crippen molar-refractivity contribution in [3.63, 3.8) is 0 Å². The lowest BCUT2D eigenvalue weighted by atomic mass is 9.88. The standard InChI is InChI=1S/C11H15ClO/c12-8-10-4-2-1-3-9(10)7-11-5-6-13-11/h1-3,10-11H,4-8H2/t10-,11?/m1/s1. The van der Waals surface area contributed by atoms with Crippen molar-refractivity contribution in [2.75, 3.05) is 12.5 Å². The van der Waals surface area contributed by atoms with E-state index in [2.05, 4.69) is 18.2 Å². The molecule has 13 heavy (non-hydrogen) atoms. The minimum absolute atomic E-state index is 0.475. The number of halogens is 1. The highest BCUT2D eigenvalue weighted by Crippen LogP contribution is 2.29. The van der Waals surface area contributed by atoms with Gasteiger partial charge in [0.15, 0.2) is 0 Å². The van der Waals surface area contributed by atoms with E-state index in [4.69, 9.17) is 16.3 Å². The first-order valence-electron chi connectivity index (χ1n) is 4.93. The zero-order valence-corrected chi connectivity index (χ0v) is 8.46. The Morgan fingerprint density at radius 2 is 2.38 bits per heavy atom. The first kappa shape index (κ1) is 9.29. The number of hydrogen-bond donors (Lipinski definition) is 0. The van der Waals surface area contributed by atoms with Gasteiger partial charge in [-0.15, -0.1) is 11.6 Å². The average Bonchev–Trinajstić information content (AvgIpc) is 2.12. The second-order valence-electron chi connectivity index (χ2n) is 3.74. The maximum Gasteiger partial charge on any atom is 0.0634 e. The van der Waals surface area contributed by atoms with Crippen LogP contribution in [-0.4, -0.2) is 18.6 Å². The van der Waals surface area contributed by atoms with E-state index >= 15 is 0 Å². The minimum atomic E-state index is 0.475. The molecule has 1 nitrogen and oxygen atoms in total. The summed E-state index contributed by atoms with van der Waals surface area (Å²) in [6, 6.07) is 0. The zero-order valence-electron chi connectivity index (χ0n) is 7.71. The predicted octanol–water partition coefficient (Wildman–Crippen LogP) is 2.91. The summed E-state index contributed by atoms with van der Waals surface area (Å²) in [5, 5.41) is 0. The van der Waals surface area contributed by atoms with Crippen molar-refractivity contribution >= 4 is 11.6 Å². The molecular formula is C11H15ClO. The lowest BCUT2D eigenvalue weighted by Crippen LogP contribution is -2.28. The average molecular weight is 199 g/mol. The fourth-order valence-corrected chi connectivity index (χ4v) is 2.15. The fourth-order valence-electron chi connectivity index (χ4n) is 1.83. The van der Waals surface area contributed by atoms with Gasteiger partial charge in [0.2, 0.25) is 0 Å². The van der Waals surface area contributed by atoms with Crippen molar-refractivity contribution in [2.45, 2.75) is 25.4 Å². The summed E-state index contributed by atoms with van der Waals surface area (Å²) in [4.78, 5) is 0. The lowest BCUT2D eigenvalue weighted by molar-refractivity contribution is -0.0501. The van der Waals surface area contributed by atoms with Gasteiger partial charge in [-0.05, 0) is 25.2 Å². The first-order chi connectivity index (χ1) is 6.40. The van der Waals surface area contributed by atoms with E-state index in [1.54, 1.807) is 0 Å². The molecular weight excluding hydrogens is 184 g/mol. The van der Waals surface area contributed by atoms with Gasteiger partial charge in [0.05, 0.1) is 6.10 Å². The summed E-state index contributed by atoms with van der Waals surface area (Å²) in [5.41, 5.74) is 1.47. The molecule has 0 spiro atoms. The second kappa shape index (κ2) is 4.30. The molecule has 1 unspecified atom stereocenters. The van der Waals surface area contributed by atoms with Crippen molar-refractivity contribution in [3.8, 4) is 0 Å². The number of rotatable bonds is 3. The highest BCUT2D eigenvalue weighted by atomic mass is 35.5. The summed E-state index contributed by atoms with van der Waals surface area (Å²) in [6.07, 6.45) is 10.4. The van der Waals surface area contributed by atoms with Gasteiger partial charge in [-0.3, -0.25) is 0 Å². The van der Waals surface area contributed by atoms with Gasteiger partial charge in [-0.25, -0.2) is 0 Å². The number of ether oxygens (including phenoxy) is 1. The number of alkyl halides is 1. The molecule has 0 N–H and O–H groups in total. The van der Waals surface area contributed by atoms with Crippen LogP contribution in [0, 0.1) is 5.92 Å². The second-order valence-corrected chi connectivity index (χ2v) is 4.05. The molecule has 1 fully saturated rings. The monoisotopic (exact) mass is 198 g/mol. The zero-order chi connectivity index (χ0) is 9.10. The molecule has 2 atom stereocenters. The predicted molar refractivity (Wildman–Crippen MR) is 55.0 cm³/mol. The van der Waals surface area contributed by atoms with Gasteiger partial charge in [-0.1, -0.05) is 23.8 Å². The highest BCUT2D eigenvalue weighted by Gasteiger charge is 2.23. The van der Waals surface area contributed by atoms with Crippen molar-refractivity contribution in [1.29, 1.82) is 0 Å². The summed E-state index contributed by atoms with van der Waals surface area (Å²) in [6.45, 7) is 0.944. The maximum atomic E-state index is 5.90. The van der Waals surface area contributed by atoms with Crippen LogP contribution in [0.4, 0.5) is 0 Å². The molecule has 2 rings (SSSR count). The van der Waals surface area contributed by atoms with E-state index in [1.165, 1.54) is 12.0 Å². The topological polar surface area (TPSA) is 9.23 Å². The molecule has 1 aliphatic heterocycles. The third kappa shape index (κ3) is 2.15. The van der Waals surface area contributed by atoms with Crippen LogP contribution in [0.2, 0.25) is 0 Å². The van der Waals surface area contributed by atoms with Gasteiger partial charge >= 0.3 is 0 Å². The summed E-state index contributed by atoms with van der Waals surface area (Å²) in [5.74, 6) is 1.29. The normalized spacial score (nSPS) is 32.5. The van der Waals surface area contributed by atoms with Crippen molar-refractivity contribution in [3.05, 3.63) is 23.8 Å². The van der Waals surface area contributed by atoms with E-state index in [0.29, 0.717) is 12.0 Å². The Morgan fingerprint density at radius 1 is 1.54 bits per heavy atom. The van der Waals surface area contributed by atoms with Crippen LogP contribution in [0.3, 0.4) is 0 Å². The number of allylic oxidation sites excluding steroid dienone is 3. The van der Waals surface area contributed by atoms with Gasteiger partial charge in [0.1, 0.15) is 0 Å². The van der Waals surface area contributed by atoms with Crippen LogP contribution in [-0.2, 0) is 4.74 Å². The lowest BCUT2D eigenvalue weighted by Gasteiger charge is -2.30. The molecule has 0 bridgehead atoms. The van der Waals surface area contributed by atoms with Crippen LogP contribution < -0.4 is 0 Å². The third-order valence-electron chi connectivity index (χ3n) is 2.83. The molecule has 72 valence electrons. The summed E-state index contributed by atoms with van der Waals surface area (Å²) in [7, 11) is 0. The van der Waals surface area contributed by atoms with Crippen LogP contribution >= 0.6 is 11.6 Å². The van der Waals surface area contributed by atoms with E-state index in [0.717, 1.165) is 25.3 Å². The molecule has 1 saturated heterocycles. The molecule has 0 amide bonds. The first-order valence-corrected chi connectivity index (χ1v) is 5.46. The van der Waals surface area contributed by atoms with E-state index < -0.39 is 0 Å². The molecule has 2 heteroatoms. The van der Waals surface area contributed by atoms with Crippen LogP contribution in [0.25, 0.3) is 0 Å². The largest absolute Gasteiger partial charge is 0.378 e. The Bertz CT molecular complexity index is 228. The molecule has 0 aromatic rings. The van der Waals surface area contributed by atoms with Crippen molar-refractivity contribution < 1.29 is 4.74 Å². The fraction of sp³-hybridized carbons (Fsp3) is 0.636. The van der Waals surface area contributed by atoms with E-state index in [9.17, 15) is 0 Å². The molecule has 1 aliphatic carbocycles. The van der Waals surface area contributed by atoms with Crippen LogP contribution in [0.15, 0.2) is 23.8 Å². The summed E-state index contributed by atoms with van der Waals surface area (Å²) < 4.78 is 5.42. The van der Waals surface area contributed by atoms with E-state index in [1.807, 2.05) is 0 Å². The van der Waals surface area contributed by atoms with Crippen LogP contribution in [0.1, 0.15) is 19.3 Å². The molecule has 0 aromatic carbocycles. The van der Waals surface area contributed by atoms with Gasteiger partial charge in [-0.2, -0.15) is 0 Å². The Balaban J connectivity index is 1.93. The van der Waals surface area contributed by atoms with Crippen molar-refractivity contribution in [1.82, 2.24) is 0 Å². The Labute approximate surface area is 84.4 Å². The maximum absolute atomic E-state index is 5.90. The van der Waals surface area contributed by atoms with Gasteiger partial charge < -0.3 is 4.74 Å². The molecule has 0 saturated carbocycles. The number of hydrogen-bond acceptors (Lipinski definition) is 1. The highest BCUT2D eigenvalue weighted by molar-refractivity contribution is 6.18. The SMILES string of the molecule is ClC[C@H]1CC=CC=C1CC1CCO1. The third-order valence-corrected chi connectivity index (χ3v) is 3.21. The summed E-state index contributed by atoms with van der Waals surface area (Å²) >= 11 is 5.90. The minimum Gasteiger partial charge on any atom is -0.378 e. The van der Waals surface area contributed by atoms with Gasteiger partial charge in [0, 0.05) is 12.5 Å². The molecule has 1 heterocycles. The Kier molecular flexibility index (Phi) is 3.07. The Hall–Kier alpha value is -0.270. The smallest absolute Gasteiger partial charge is 0.0634 e. The quantitative estimate of drug-likeness (QED) is 0.634. The van der Waals surface area contributed by atoms with Gasteiger partial charge in [0.25, 0.3) is 0 Å². The Morgan fingerprint density at radius 3 is 3.00 bits per heavy atom. The molecule has 0 radical (unpaired) electrons. The van der Waals surface area contributed by atoms with Crippen LogP contribution in [0.5, 0.6) is 0 Å².